The first-order valence-electron chi connectivity index (χ1n) is 12.0. The molecular formula is C26H37NO3. The van der Waals surface area contributed by atoms with Crippen LogP contribution >= 0.6 is 0 Å². The average molecular weight is 412 g/mol. The van der Waals surface area contributed by atoms with E-state index < -0.39 is 0 Å². The summed E-state index contributed by atoms with van der Waals surface area (Å²) in [7, 11) is 1.68. The molecular weight excluding hydrogens is 374 g/mol. The lowest BCUT2D eigenvalue weighted by Crippen LogP contribution is -2.57. The predicted molar refractivity (Wildman–Crippen MR) is 119 cm³/mol. The Morgan fingerprint density at radius 2 is 1.83 bits per heavy atom. The fourth-order valence-corrected chi connectivity index (χ4v) is 8.13. The third kappa shape index (κ3) is 3.01. The number of hydrogen-bond donors (Lipinski definition) is 2. The van der Waals surface area contributed by atoms with Crippen LogP contribution in [0.3, 0.4) is 0 Å². The largest absolute Gasteiger partial charge is 0.497 e. The molecule has 0 radical (unpaired) electrons. The molecule has 8 atom stereocenters. The summed E-state index contributed by atoms with van der Waals surface area (Å²) in [4.78, 5) is 12.7. The summed E-state index contributed by atoms with van der Waals surface area (Å²) in [6.07, 6.45) is 8.23. The Morgan fingerprint density at radius 1 is 1.07 bits per heavy atom. The second-order valence-electron chi connectivity index (χ2n) is 11.1. The van der Waals surface area contributed by atoms with Gasteiger partial charge in [0, 0.05) is 17.5 Å². The van der Waals surface area contributed by atoms with Gasteiger partial charge in [-0.25, -0.2) is 0 Å². The van der Waals surface area contributed by atoms with Crippen LogP contribution in [0.15, 0.2) is 24.3 Å². The lowest BCUT2D eigenvalue weighted by Gasteiger charge is -2.61. The predicted octanol–water partition coefficient (Wildman–Crippen LogP) is 5.06. The van der Waals surface area contributed by atoms with Crippen LogP contribution in [0.2, 0.25) is 0 Å². The van der Waals surface area contributed by atoms with E-state index in [1.54, 1.807) is 7.11 Å². The van der Waals surface area contributed by atoms with Gasteiger partial charge in [0.15, 0.2) is 0 Å². The van der Waals surface area contributed by atoms with Gasteiger partial charge in [0.05, 0.1) is 19.3 Å². The van der Waals surface area contributed by atoms with Crippen molar-refractivity contribution in [2.24, 2.45) is 34.5 Å². The zero-order valence-corrected chi connectivity index (χ0v) is 18.7. The quantitative estimate of drug-likeness (QED) is 0.730. The number of hydrogen-bond acceptors (Lipinski definition) is 4. The third-order valence-electron chi connectivity index (χ3n) is 9.87. The van der Waals surface area contributed by atoms with Gasteiger partial charge >= 0.3 is 0 Å². The van der Waals surface area contributed by atoms with Crippen LogP contribution in [-0.4, -0.2) is 30.1 Å². The van der Waals surface area contributed by atoms with Crippen molar-refractivity contribution >= 4 is 11.5 Å². The minimum Gasteiger partial charge on any atom is -0.497 e. The number of aliphatic hydroxyl groups is 1. The minimum absolute atomic E-state index is 0.0563. The Labute approximate surface area is 180 Å². The zero-order chi connectivity index (χ0) is 21.1. The summed E-state index contributed by atoms with van der Waals surface area (Å²) < 4.78 is 5.28. The summed E-state index contributed by atoms with van der Waals surface area (Å²) in [5.41, 5.74) is 1.24. The van der Waals surface area contributed by atoms with Crippen LogP contribution in [0.1, 0.15) is 65.2 Å². The maximum atomic E-state index is 12.7. The van der Waals surface area contributed by atoms with E-state index in [1.807, 2.05) is 24.3 Å². The highest BCUT2D eigenvalue weighted by molar-refractivity contribution is 5.87. The van der Waals surface area contributed by atoms with Gasteiger partial charge < -0.3 is 15.2 Å². The van der Waals surface area contributed by atoms with Gasteiger partial charge in [-0.1, -0.05) is 13.8 Å². The van der Waals surface area contributed by atoms with E-state index >= 15 is 0 Å². The van der Waals surface area contributed by atoms with Gasteiger partial charge in [-0.3, -0.25) is 4.79 Å². The molecule has 0 saturated heterocycles. The molecule has 0 amide bonds. The molecule has 0 heterocycles. The lowest BCUT2D eigenvalue weighted by molar-refractivity contribution is -0.143. The second kappa shape index (κ2) is 7.25. The first-order valence-corrected chi connectivity index (χ1v) is 12.0. The van der Waals surface area contributed by atoms with E-state index in [0.717, 1.165) is 43.5 Å². The SMILES string of the molecule is COc1ccc(N[C@H]2C[C@@]3(C)[C@@H](CC[C@@H]4[C@@H]3CC[C@]3(C)C(=O)CC[C@@H]43)C[C@@H]2O)cc1. The number of carbonyl (C=O) groups is 1. The number of nitrogens with one attached hydrogen (secondary N) is 1. The number of Topliss-reactive ketones (excluding diaryl/α,β-unsaturated/α-hetero) is 1. The number of anilines is 1. The summed E-state index contributed by atoms with van der Waals surface area (Å²) in [6.45, 7) is 4.76. The average Bonchev–Trinajstić information content (AvgIpc) is 3.04. The fraction of sp³-hybridized carbons (Fsp3) is 0.731. The Morgan fingerprint density at radius 3 is 2.57 bits per heavy atom. The maximum absolute atomic E-state index is 12.7. The summed E-state index contributed by atoms with van der Waals surface area (Å²) in [5, 5.41) is 14.6. The van der Waals surface area contributed by atoms with Crippen molar-refractivity contribution < 1.29 is 14.6 Å². The van der Waals surface area contributed by atoms with Crippen LogP contribution in [0.4, 0.5) is 5.69 Å². The van der Waals surface area contributed by atoms with E-state index in [9.17, 15) is 9.90 Å². The van der Waals surface area contributed by atoms with Crippen molar-refractivity contribution in [3.05, 3.63) is 24.3 Å². The molecule has 4 aliphatic rings. The number of ether oxygens (including phenoxy) is 1. The van der Waals surface area contributed by atoms with E-state index in [2.05, 4.69) is 19.2 Å². The van der Waals surface area contributed by atoms with Gasteiger partial charge in [-0.15, -0.1) is 0 Å². The second-order valence-corrected chi connectivity index (χ2v) is 11.1. The highest BCUT2D eigenvalue weighted by atomic mass is 16.5. The highest BCUT2D eigenvalue weighted by Gasteiger charge is 2.61. The molecule has 5 rings (SSSR count). The van der Waals surface area contributed by atoms with Gasteiger partial charge in [0.25, 0.3) is 0 Å². The van der Waals surface area contributed by atoms with Crippen LogP contribution in [0.5, 0.6) is 5.75 Å². The van der Waals surface area contributed by atoms with Gasteiger partial charge in [-0.05, 0) is 98.3 Å². The van der Waals surface area contributed by atoms with Crippen LogP contribution < -0.4 is 10.1 Å². The number of benzene rings is 1. The molecule has 30 heavy (non-hydrogen) atoms. The van der Waals surface area contributed by atoms with E-state index in [-0.39, 0.29) is 23.0 Å². The van der Waals surface area contributed by atoms with E-state index in [4.69, 9.17) is 4.74 Å². The molecule has 1 aromatic rings. The molecule has 4 nitrogen and oxygen atoms in total. The topological polar surface area (TPSA) is 58.6 Å². The number of fused-ring (bicyclic) bond motifs is 5. The molecule has 4 saturated carbocycles. The van der Waals surface area contributed by atoms with Crippen molar-refractivity contribution in [3.8, 4) is 5.75 Å². The molecule has 4 fully saturated rings. The van der Waals surface area contributed by atoms with Crippen molar-refractivity contribution in [2.45, 2.75) is 77.4 Å². The number of methoxy groups -OCH3 is 1. The Balaban J connectivity index is 1.37. The van der Waals surface area contributed by atoms with Crippen molar-refractivity contribution in [1.29, 1.82) is 0 Å². The minimum atomic E-state index is -0.302. The molecule has 4 heteroatoms. The first kappa shape index (κ1) is 20.4. The third-order valence-corrected chi connectivity index (χ3v) is 9.87. The first-order chi connectivity index (χ1) is 14.3. The van der Waals surface area contributed by atoms with Crippen LogP contribution in [0.25, 0.3) is 0 Å². The molecule has 1 aromatic carbocycles. The zero-order valence-electron chi connectivity index (χ0n) is 18.7. The molecule has 0 aliphatic heterocycles. The van der Waals surface area contributed by atoms with Crippen molar-refractivity contribution in [2.75, 3.05) is 12.4 Å². The molecule has 0 spiro atoms. The van der Waals surface area contributed by atoms with Crippen LogP contribution in [-0.2, 0) is 4.79 Å². The number of aliphatic hydroxyl groups excluding tert-OH is 1. The maximum Gasteiger partial charge on any atom is 0.139 e. The molecule has 0 aromatic heterocycles. The van der Waals surface area contributed by atoms with E-state index in [1.165, 1.54) is 19.3 Å². The standard InChI is InChI=1S/C26H37NO3/c1-25-13-12-21-19(20(25)10-11-24(25)29)9-4-16-14-23(28)22(15-26(16,21)2)27-17-5-7-18(30-3)8-6-17/h5-8,16,19-23,27-28H,4,9-15H2,1-3H3/t16-,19-,20-,21-,22-,23-,25-,26-/m0/s1. The smallest absolute Gasteiger partial charge is 0.139 e. The van der Waals surface area contributed by atoms with Crippen LogP contribution in [0, 0.1) is 34.5 Å². The van der Waals surface area contributed by atoms with E-state index in [0.29, 0.717) is 29.5 Å². The Hall–Kier alpha value is -1.55. The number of ketones is 1. The lowest BCUT2D eigenvalue weighted by atomic mass is 9.44. The molecule has 2 N–H and O–H groups in total. The summed E-state index contributed by atoms with van der Waals surface area (Å²) >= 11 is 0. The molecule has 0 unspecified atom stereocenters. The summed E-state index contributed by atoms with van der Waals surface area (Å²) in [5.74, 6) is 3.94. The molecule has 4 aliphatic carbocycles. The Bertz CT molecular complexity index is 807. The molecule has 164 valence electrons. The van der Waals surface area contributed by atoms with Gasteiger partial charge in [-0.2, -0.15) is 0 Å². The van der Waals surface area contributed by atoms with Gasteiger partial charge in [0.1, 0.15) is 11.5 Å². The number of rotatable bonds is 3. The molecule has 0 bridgehead atoms. The van der Waals surface area contributed by atoms with Crippen molar-refractivity contribution in [1.82, 2.24) is 0 Å². The highest BCUT2D eigenvalue weighted by Crippen LogP contribution is 2.65. The monoisotopic (exact) mass is 411 g/mol. The van der Waals surface area contributed by atoms with Crippen molar-refractivity contribution in [3.63, 3.8) is 0 Å². The fourth-order valence-electron chi connectivity index (χ4n) is 8.13. The number of carbonyl (C=O) groups excluding carboxylic acids is 1. The normalized spacial score (nSPS) is 45.3. The Kier molecular flexibility index (Phi) is 4.92. The summed E-state index contributed by atoms with van der Waals surface area (Å²) in [6, 6.07) is 8.10. The van der Waals surface area contributed by atoms with Gasteiger partial charge in [0.2, 0.25) is 0 Å².